The number of rotatable bonds is 21. The van der Waals surface area contributed by atoms with Gasteiger partial charge in [-0.1, -0.05) is 44.6 Å². The number of Topliss-reactive ketones (excluding diaryl/α,β-unsaturated/α-hetero) is 1. The van der Waals surface area contributed by atoms with Crippen LogP contribution in [0.15, 0.2) is 58.5 Å². The molecule has 66 heavy (non-hydrogen) atoms. The molecule has 0 aromatic rings. The molecule has 4 aliphatic rings. The number of unbranched alkanes of at least 4 members (excludes halogenated alkanes) is 1. The van der Waals surface area contributed by atoms with Crippen LogP contribution in [-0.4, -0.2) is 155 Å². The lowest BCUT2D eigenvalue weighted by Crippen LogP contribution is -2.38. The van der Waals surface area contributed by atoms with Gasteiger partial charge in [-0.3, -0.25) is 19.2 Å². The van der Waals surface area contributed by atoms with E-state index < -0.39 is 53.9 Å². The molecule has 0 spiro atoms. The first-order chi connectivity index (χ1) is 31.6. The summed E-state index contributed by atoms with van der Waals surface area (Å²) in [6.45, 7) is 9.37. The molecule has 2 fully saturated rings. The molecule has 9 atom stereocenters. The minimum Gasteiger partial charge on any atom is -0.439 e. The lowest BCUT2D eigenvalue weighted by molar-refractivity contribution is -0.121. The minimum atomic E-state index is -1.02. The Bertz CT molecular complexity index is 1850. The van der Waals surface area contributed by atoms with Crippen molar-refractivity contribution in [1.29, 1.82) is 0 Å². The molecule has 2 saturated heterocycles. The highest BCUT2D eigenvalue weighted by Gasteiger charge is 2.42. The number of aliphatic hydroxyl groups excluding tert-OH is 1. The minimum absolute atomic E-state index is 0.0123. The average Bonchev–Trinajstić information content (AvgIpc) is 3.84. The molecule has 4 rings (SSSR count). The number of carbonyl (C=O) groups excluding carboxylic acids is 6. The van der Waals surface area contributed by atoms with Crippen molar-refractivity contribution in [2.24, 2.45) is 17.6 Å². The topological polar surface area (TPSA) is 264 Å². The van der Waals surface area contributed by atoms with E-state index >= 15 is 0 Å². The monoisotopic (exact) mass is 946 g/mol. The first kappa shape index (κ1) is 54.0. The maximum absolute atomic E-state index is 14.0. The Balaban J connectivity index is 1.22. The predicted octanol–water partition coefficient (Wildman–Crippen LogP) is 2.24. The van der Waals surface area contributed by atoms with Gasteiger partial charge in [-0.25, -0.2) is 9.59 Å². The number of methoxy groups -OCH3 is 2. The van der Waals surface area contributed by atoms with E-state index in [2.05, 4.69) is 26.6 Å². The summed E-state index contributed by atoms with van der Waals surface area (Å²) in [5.74, 6) is -1.47. The fourth-order valence-corrected chi connectivity index (χ4v) is 9.74. The second kappa shape index (κ2) is 27.9. The second-order valence-corrected chi connectivity index (χ2v) is 18.2. The highest BCUT2D eigenvalue weighted by Crippen LogP contribution is 2.33. The maximum Gasteiger partial charge on any atom is 0.405 e. The van der Waals surface area contributed by atoms with Crippen LogP contribution in [-0.2, 0) is 47.6 Å². The summed E-state index contributed by atoms with van der Waals surface area (Å²) in [6, 6.07) is 0.298. The van der Waals surface area contributed by atoms with Crippen molar-refractivity contribution >= 4 is 47.3 Å². The Morgan fingerprint density at radius 3 is 2.32 bits per heavy atom. The van der Waals surface area contributed by atoms with Gasteiger partial charge in [0.25, 0.3) is 5.91 Å². The van der Waals surface area contributed by atoms with Crippen molar-refractivity contribution in [3.05, 3.63) is 58.5 Å². The molecule has 2 bridgehead atoms. The smallest absolute Gasteiger partial charge is 0.405 e. The fraction of sp³-hybridized carbons (Fsp3) is 0.652. The van der Waals surface area contributed by atoms with Crippen LogP contribution in [0, 0.1) is 11.8 Å². The van der Waals surface area contributed by atoms with Crippen molar-refractivity contribution in [2.75, 3.05) is 72.7 Å². The van der Waals surface area contributed by atoms with Crippen molar-refractivity contribution < 1.29 is 62.3 Å². The predicted molar refractivity (Wildman–Crippen MR) is 247 cm³/mol. The molecule has 0 aromatic carbocycles. The van der Waals surface area contributed by atoms with Gasteiger partial charge in [-0.15, -0.1) is 0 Å². The summed E-state index contributed by atoms with van der Waals surface area (Å²) in [6.07, 6.45) is 6.56. The van der Waals surface area contributed by atoms with Crippen molar-refractivity contribution in [3.8, 4) is 0 Å². The van der Waals surface area contributed by atoms with Gasteiger partial charge in [0.2, 0.25) is 17.5 Å². The molecule has 8 N–H and O–H groups in total. The van der Waals surface area contributed by atoms with E-state index in [9.17, 15) is 33.9 Å². The third kappa shape index (κ3) is 16.9. The van der Waals surface area contributed by atoms with Crippen LogP contribution >= 0.6 is 11.8 Å². The number of hydrogen-bond donors (Lipinski definition) is 7. The fourth-order valence-electron chi connectivity index (χ4n) is 8.19. The van der Waals surface area contributed by atoms with Gasteiger partial charge in [0, 0.05) is 67.9 Å². The summed E-state index contributed by atoms with van der Waals surface area (Å²) in [5, 5.41) is 26.3. The highest BCUT2D eigenvalue weighted by atomic mass is 32.2. The zero-order chi connectivity index (χ0) is 48.2. The molecule has 0 saturated carbocycles. The number of carbonyl (C=O) groups is 6. The van der Waals surface area contributed by atoms with Crippen LogP contribution < -0.4 is 32.3 Å². The number of primary amides is 1. The van der Waals surface area contributed by atoms with E-state index in [1.165, 1.54) is 27.2 Å². The second-order valence-electron chi connectivity index (χ2n) is 16.9. The average molecular weight is 947 g/mol. The largest absolute Gasteiger partial charge is 0.439 e. The number of thioether (sulfide) groups is 1. The van der Waals surface area contributed by atoms with E-state index in [0.29, 0.717) is 56.6 Å². The molecule has 0 radical (unpaired) electrons. The standard InChI is InChI=1S/C46H70N6O13S/c1-27-22-31-39(49-15-17-63-19-21-64-20-18-62-16-14-48-38(54)13-8-7-12-37-40-33(26-66-37)51-46(59)52-40)34(53)25-32(42(31)56)50-44(57)28(2)10-9-11-35(60-5)43(65-45(47)58)30(4)24-29(3)41(55)36(23-27)61-6/h9-11,24-25,27,29,33,35-37,40-41,43,49,55H,7-8,12-23,26H2,1-6H3,(H2,47,58)(H,48,54)(H,50,57)(H2,51,52,59)/b11-9-,28-10+,30-24+/t27-,29+,33+,35+,36+,37?,40+,41-,43+/m1/s1. The number of hydrogen-bond acceptors (Lipinski definition) is 15. The quantitative estimate of drug-likeness (QED) is 0.0377. The maximum atomic E-state index is 14.0. The van der Waals surface area contributed by atoms with Crippen molar-refractivity contribution in [1.82, 2.24) is 26.6 Å². The molecule has 1 aliphatic carbocycles. The van der Waals surface area contributed by atoms with Crippen LogP contribution in [0.1, 0.15) is 66.2 Å². The zero-order valence-corrected chi connectivity index (χ0v) is 39.8. The number of aliphatic hydroxyl groups is 1. The number of amides is 5. The van der Waals surface area contributed by atoms with Crippen LogP contribution in [0.25, 0.3) is 0 Å². The molecule has 20 heteroatoms. The number of urea groups is 1. The molecule has 1 unspecified atom stereocenters. The zero-order valence-electron chi connectivity index (χ0n) is 39.0. The van der Waals surface area contributed by atoms with Crippen molar-refractivity contribution in [2.45, 2.75) is 108 Å². The van der Waals surface area contributed by atoms with E-state index in [-0.39, 0.29) is 78.7 Å². The molecule has 368 valence electrons. The SMILES string of the molecule is CO[C@H]1/C=C\C=C(/C)C(=O)NC2=CC(=O)C(NCCOCCOCCOCCNC(=O)CCCCC3SC[C@@H]4NC(=O)N[C@H]34)=C(C[C@@H](C)C[C@H](OC)[C@H](O)[C@@H](C)/C=C(\C)[C@@H]1OC(N)=O)C2=O. The number of ketones is 2. The van der Waals surface area contributed by atoms with E-state index in [4.69, 9.17) is 34.2 Å². The van der Waals surface area contributed by atoms with Gasteiger partial charge in [-0.05, 0) is 51.0 Å². The van der Waals surface area contributed by atoms with Crippen LogP contribution in [0.2, 0.25) is 0 Å². The molecule has 5 amide bonds. The number of allylic oxidation sites excluding steroid dienone is 4. The molecule has 3 aliphatic heterocycles. The summed E-state index contributed by atoms with van der Waals surface area (Å²) >= 11 is 1.87. The summed E-state index contributed by atoms with van der Waals surface area (Å²) in [7, 11) is 2.90. The third-order valence-corrected chi connectivity index (χ3v) is 13.2. The lowest BCUT2D eigenvalue weighted by atomic mass is 9.85. The third-order valence-electron chi connectivity index (χ3n) is 11.7. The Morgan fingerprint density at radius 1 is 0.939 bits per heavy atom. The van der Waals surface area contributed by atoms with E-state index in [1.54, 1.807) is 32.1 Å². The van der Waals surface area contributed by atoms with E-state index in [0.717, 1.165) is 31.1 Å². The van der Waals surface area contributed by atoms with Crippen LogP contribution in [0.4, 0.5) is 9.59 Å². The van der Waals surface area contributed by atoms with Gasteiger partial charge in [0.05, 0.1) is 75.3 Å². The Morgan fingerprint density at radius 2 is 1.64 bits per heavy atom. The van der Waals surface area contributed by atoms with Gasteiger partial charge in [-0.2, -0.15) is 11.8 Å². The normalized spacial score (nSPS) is 29.6. The number of nitrogens with one attached hydrogen (secondary N) is 5. The molecular formula is C46H70N6O13S. The van der Waals surface area contributed by atoms with Crippen molar-refractivity contribution in [3.63, 3.8) is 0 Å². The number of ether oxygens (including phenoxy) is 6. The Kier molecular flexibility index (Phi) is 22.9. The van der Waals surface area contributed by atoms with Crippen LogP contribution in [0.3, 0.4) is 0 Å². The Labute approximate surface area is 391 Å². The molecule has 19 nitrogen and oxygen atoms in total. The van der Waals surface area contributed by atoms with Gasteiger partial charge in [0.15, 0.2) is 6.10 Å². The summed E-state index contributed by atoms with van der Waals surface area (Å²) in [5.41, 5.74) is 6.29. The molecular weight excluding hydrogens is 877 g/mol. The summed E-state index contributed by atoms with van der Waals surface area (Å²) < 4.78 is 33.6. The lowest BCUT2D eigenvalue weighted by Gasteiger charge is -2.30. The number of fused-ring (bicyclic) bond motifs is 3. The summed E-state index contributed by atoms with van der Waals surface area (Å²) in [4.78, 5) is 76.4. The highest BCUT2D eigenvalue weighted by molar-refractivity contribution is 8.00. The van der Waals surface area contributed by atoms with Gasteiger partial charge < -0.3 is 65.8 Å². The molecule has 0 aromatic heterocycles. The Hall–Kier alpha value is -4.57. The van der Waals surface area contributed by atoms with Crippen LogP contribution in [0.5, 0.6) is 0 Å². The number of nitrogens with two attached hydrogens (primary N) is 1. The molecule has 3 heterocycles. The van der Waals surface area contributed by atoms with Gasteiger partial charge >= 0.3 is 12.1 Å². The van der Waals surface area contributed by atoms with Gasteiger partial charge in [0.1, 0.15) is 6.10 Å². The van der Waals surface area contributed by atoms with E-state index in [1.807, 2.05) is 18.7 Å². The first-order valence-corrected chi connectivity index (χ1v) is 23.7. The first-order valence-electron chi connectivity index (χ1n) is 22.6.